The first kappa shape index (κ1) is 13.9. The molecule has 17 heavy (non-hydrogen) atoms. The number of benzene rings is 1. The van der Waals surface area contributed by atoms with E-state index in [1.54, 1.807) is 4.90 Å². The first-order valence-corrected chi connectivity index (χ1v) is 5.97. The predicted molar refractivity (Wildman–Crippen MR) is 65.1 cm³/mol. The van der Waals surface area contributed by atoms with Crippen molar-refractivity contribution in [1.29, 1.82) is 0 Å². The predicted octanol–water partition coefficient (Wildman–Crippen LogP) is 3.08. The van der Waals surface area contributed by atoms with Gasteiger partial charge in [-0.15, -0.1) is 0 Å². The quantitative estimate of drug-likeness (QED) is 0.830. The standard InChI is InChI=1S/C13H19F2NO/c1-3-5-16(6-4-2)13-11(14)7-10(9-17)8-12(13)15/h7-8,17H,3-6,9H2,1-2H3. The summed E-state index contributed by atoms with van der Waals surface area (Å²) in [6, 6.07) is 2.38. The van der Waals surface area contributed by atoms with E-state index in [2.05, 4.69) is 0 Å². The van der Waals surface area contributed by atoms with Crippen molar-refractivity contribution in [3.05, 3.63) is 29.3 Å². The van der Waals surface area contributed by atoms with Crippen molar-refractivity contribution in [1.82, 2.24) is 0 Å². The normalized spacial score (nSPS) is 10.6. The Labute approximate surface area is 101 Å². The first-order chi connectivity index (χ1) is 8.13. The highest BCUT2D eigenvalue weighted by atomic mass is 19.1. The van der Waals surface area contributed by atoms with Crippen molar-refractivity contribution in [2.24, 2.45) is 0 Å². The summed E-state index contributed by atoms with van der Waals surface area (Å²) < 4.78 is 27.6. The lowest BCUT2D eigenvalue weighted by Gasteiger charge is -2.25. The maximum atomic E-state index is 13.8. The van der Waals surface area contributed by atoms with Gasteiger partial charge in [-0.3, -0.25) is 0 Å². The van der Waals surface area contributed by atoms with E-state index in [0.717, 1.165) is 12.8 Å². The summed E-state index contributed by atoms with van der Waals surface area (Å²) >= 11 is 0. The fourth-order valence-electron chi connectivity index (χ4n) is 1.89. The van der Waals surface area contributed by atoms with Crippen molar-refractivity contribution in [2.45, 2.75) is 33.3 Å². The van der Waals surface area contributed by atoms with E-state index in [1.165, 1.54) is 12.1 Å². The van der Waals surface area contributed by atoms with E-state index in [-0.39, 0.29) is 17.9 Å². The molecule has 0 atom stereocenters. The molecule has 0 aliphatic heterocycles. The van der Waals surface area contributed by atoms with E-state index in [1.807, 2.05) is 13.8 Å². The SMILES string of the molecule is CCCN(CCC)c1c(F)cc(CO)cc1F. The largest absolute Gasteiger partial charge is 0.392 e. The molecule has 0 fully saturated rings. The van der Waals surface area contributed by atoms with Crippen LogP contribution in [0.15, 0.2) is 12.1 Å². The van der Waals surface area contributed by atoms with E-state index < -0.39 is 11.6 Å². The molecule has 1 aromatic carbocycles. The lowest BCUT2D eigenvalue weighted by atomic mass is 10.1. The molecule has 0 unspecified atom stereocenters. The van der Waals surface area contributed by atoms with Crippen molar-refractivity contribution in [3.8, 4) is 0 Å². The lowest BCUT2D eigenvalue weighted by molar-refractivity contribution is 0.280. The van der Waals surface area contributed by atoms with Gasteiger partial charge in [0.1, 0.15) is 17.3 Å². The molecule has 1 rings (SSSR count). The zero-order valence-corrected chi connectivity index (χ0v) is 10.3. The van der Waals surface area contributed by atoms with Gasteiger partial charge in [-0.1, -0.05) is 13.8 Å². The van der Waals surface area contributed by atoms with Gasteiger partial charge in [0, 0.05) is 13.1 Å². The van der Waals surface area contributed by atoms with E-state index >= 15 is 0 Å². The molecular formula is C13H19F2NO. The number of hydrogen-bond acceptors (Lipinski definition) is 2. The Balaban J connectivity index is 3.09. The molecule has 1 aromatic rings. The molecule has 0 saturated heterocycles. The maximum absolute atomic E-state index is 13.8. The lowest BCUT2D eigenvalue weighted by Crippen LogP contribution is -2.27. The zero-order valence-electron chi connectivity index (χ0n) is 10.3. The van der Waals surface area contributed by atoms with Crippen LogP contribution in [0, 0.1) is 11.6 Å². The van der Waals surface area contributed by atoms with E-state index in [9.17, 15) is 8.78 Å². The summed E-state index contributed by atoms with van der Waals surface area (Å²) in [5, 5.41) is 8.88. The van der Waals surface area contributed by atoms with Crippen LogP contribution >= 0.6 is 0 Å². The highest BCUT2D eigenvalue weighted by Crippen LogP contribution is 2.25. The highest BCUT2D eigenvalue weighted by molar-refractivity contribution is 5.50. The number of halogens is 2. The third-order valence-electron chi connectivity index (χ3n) is 2.56. The molecule has 0 spiro atoms. The summed E-state index contributed by atoms with van der Waals surface area (Å²) in [5.41, 5.74) is 0.280. The molecule has 0 amide bonds. The molecule has 1 N–H and O–H groups in total. The number of nitrogens with zero attached hydrogens (tertiary/aromatic N) is 1. The molecule has 4 heteroatoms. The number of rotatable bonds is 6. The molecule has 0 radical (unpaired) electrons. The molecular weight excluding hydrogens is 224 g/mol. The van der Waals surface area contributed by atoms with Crippen LogP contribution in [-0.2, 0) is 6.61 Å². The van der Waals surface area contributed by atoms with Crippen LogP contribution in [0.1, 0.15) is 32.3 Å². The van der Waals surface area contributed by atoms with E-state index in [4.69, 9.17) is 5.11 Å². The molecule has 0 heterocycles. The van der Waals surface area contributed by atoms with Crippen LogP contribution < -0.4 is 4.90 Å². The van der Waals surface area contributed by atoms with Crippen LogP contribution in [0.4, 0.5) is 14.5 Å². The Morgan fingerprint density at radius 2 is 1.53 bits per heavy atom. The Hall–Kier alpha value is -1.16. The van der Waals surface area contributed by atoms with Crippen LogP contribution in [0.3, 0.4) is 0 Å². The fourth-order valence-corrected chi connectivity index (χ4v) is 1.89. The van der Waals surface area contributed by atoms with Gasteiger partial charge in [0.2, 0.25) is 0 Å². The van der Waals surface area contributed by atoms with Crippen LogP contribution in [0.2, 0.25) is 0 Å². The first-order valence-electron chi connectivity index (χ1n) is 5.97. The minimum absolute atomic E-state index is 0.0194. The van der Waals surface area contributed by atoms with Crippen molar-refractivity contribution in [2.75, 3.05) is 18.0 Å². The maximum Gasteiger partial charge on any atom is 0.149 e. The Morgan fingerprint density at radius 1 is 1.06 bits per heavy atom. The highest BCUT2D eigenvalue weighted by Gasteiger charge is 2.16. The Bertz CT molecular complexity index is 339. The van der Waals surface area contributed by atoms with Crippen molar-refractivity contribution >= 4 is 5.69 Å². The molecule has 2 nitrogen and oxygen atoms in total. The monoisotopic (exact) mass is 243 g/mol. The molecule has 0 bridgehead atoms. The van der Waals surface area contributed by atoms with Crippen molar-refractivity contribution < 1.29 is 13.9 Å². The summed E-state index contributed by atoms with van der Waals surface area (Å²) in [5.74, 6) is -1.20. The van der Waals surface area contributed by atoms with Crippen LogP contribution in [-0.4, -0.2) is 18.2 Å². The molecule has 96 valence electrons. The third-order valence-corrected chi connectivity index (χ3v) is 2.56. The minimum atomic E-state index is -0.601. The van der Waals surface area contributed by atoms with Gasteiger partial charge in [0.05, 0.1) is 6.61 Å². The summed E-state index contributed by atoms with van der Waals surface area (Å²) in [6.45, 7) is 4.84. The topological polar surface area (TPSA) is 23.5 Å². The second kappa shape index (κ2) is 6.55. The van der Waals surface area contributed by atoms with Crippen LogP contribution in [0.5, 0.6) is 0 Å². The third kappa shape index (κ3) is 3.40. The summed E-state index contributed by atoms with van der Waals surface area (Å²) in [4.78, 5) is 1.71. The molecule has 0 saturated carbocycles. The summed E-state index contributed by atoms with van der Waals surface area (Å²) in [7, 11) is 0. The van der Waals surface area contributed by atoms with E-state index in [0.29, 0.717) is 13.1 Å². The molecule has 0 aliphatic rings. The average molecular weight is 243 g/mol. The second-order valence-corrected chi connectivity index (χ2v) is 4.05. The van der Waals surface area contributed by atoms with Gasteiger partial charge in [-0.2, -0.15) is 0 Å². The van der Waals surface area contributed by atoms with Crippen LogP contribution in [0.25, 0.3) is 0 Å². The zero-order chi connectivity index (χ0) is 12.8. The summed E-state index contributed by atoms with van der Waals surface area (Å²) in [6.07, 6.45) is 1.67. The smallest absolute Gasteiger partial charge is 0.149 e. The van der Waals surface area contributed by atoms with Gasteiger partial charge in [0.15, 0.2) is 0 Å². The van der Waals surface area contributed by atoms with Gasteiger partial charge in [0.25, 0.3) is 0 Å². The minimum Gasteiger partial charge on any atom is -0.392 e. The molecule has 0 aromatic heterocycles. The molecule has 0 aliphatic carbocycles. The number of aliphatic hydroxyl groups is 1. The average Bonchev–Trinajstić information content (AvgIpc) is 2.28. The Kier molecular flexibility index (Phi) is 5.35. The van der Waals surface area contributed by atoms with Gasteiger partial charge in [-0.25, -0.2) is 8.78 Å². The number of aliphatic hydroxyl groups excluding tert-OH is 1. The fraction of sp³-hybridized carbons (Fsp3) is 0.538. The van der Waals surface area contributed by atoms with Gasteiger partial charge >= 0.3 is 0 Å². The number of anilines is 1. The van der Waals surface area contributed by atoms with Crippen molar-refractivity contribution in [3.63, 3.8) is 0 Å². The Morgan fingerprint density at radius 3 is 1.88 bits per heavy atom. The van der Waals surface area contributed by atoms with Gasteiger partial charge < -0.3 is 10.0 Å². The van der Waals surface area contributed by atoms with Gasteiger partial charge in [-0.05, 0) is 30.5 Å². The number of hydrogen-bond donors (Lipinski definition) is 1. The second-order valence-electron chi connectivity index (χ2n) is 4.05.